The van der Waals surface area contributed by atoms with E-state index in [1.165, 1.54) is 11.1 Å². The average molecular weight is 401 g/mol. The van der Waals surface area contributed by atoms with E-state index in [1.807, 2.05) is 36.4 Å². The van der Waals surface area contributed by atoms with Gasteiger partial charge in [0.05, 0.1) is 5.71 Å². The lowest BCUT2D eigenvalue weighted by molar-refractivity contribution is -0.122. The quantitative estimate of drug-likeness (QED) is 0.449. The Morgan fingerprint density at radius 2 is 1.73 bits per heavy atom. The number of hydrogen-bond donors (Lipinski definition) is 2. The molecule has 0 radical (unpaired) electrons. The molecule has 1 aliphatic rings. The highest BCUT2D eigenvalue weighted by molar-refractivity contribution is 6.06. The zero-order valence-corrected chi connectivity index (χ0v) is 17.9. The molecule has 0 heterocycles. The molecule has 2 unspecified atom stereocenters. The number of aromatic hydroxyl groups is 1. The Bertz CT molecular complexity index is 1120. The van der Waals surface area contributed by atoms with Crippen molar-refractivity contribution in [2.75, 3.05) is 0 Å². The molecule has 2 atom stereocenters. The SMILES string of the molecule is CC(=NNC(=O)C1CC1c1ccc(C(C)(C)C)cc1)c1ccc2ccccc2c1O. The van der Waals surface area contributed by atoms with Crippen LogP contribution in [0.2, 0.25) is 0 Å². The van der Waals surface area contributed by atoms with E-state index in [0.717, 1.165) is 17.2 Å². The van der Waals surface area contributed by atoms with Gasteiger partial charge >= 0.3 is 0 Å². The van der Waals surface area contributed by atoms with Gasteiger partial charge in [0.25, 0.3) is 0 Å². The van der Waals surface area contributed by atoms with Crippen LogP contribution in [0, 0.1) is 5.92 Å². The summed E-state index contributed by atoms with van der Waals surface area (Å²) in [4.78, 5) is 12.6. The molecule has 0 aliphatic heterocycles. The van der Waals surface area contributed by atoms with E-state index in [0.29, 0.717) is 11.3 Å². The van der Waals surface area contributed by atoms with Gasteiger partial charge in [0.1, 0.15) is 5.75 Å². The first-order chi connectivity index (χ1) is 14.3. The Balaban J connectivity index is 1.43. The van der Waals surface area contributed by atoms with Crippen molar-refractivity contribution >= 4 is 22.4 Å². The first-order valence-electron chi connectivity index (χ1n) is 10.4. The molecule has 1 amide bonds. The Morgan fingerprint density at radius 1 is 1.03 bits per heavy atom. The van der Waals surface area contributed by atoms with Crippen molar-refractivity contribution in [2.24, 2.45) is 11.0 Å². The van der Waals surface area contributed by atoms with Crippen molar-refractivity contribution in [3.8, 4) is 5.75 Å². The van der Waals surface area contributed by atoms with Crippen molar-refractivity contribution in [3.63, 3.8) is 0 Å². The Labute approximate surface area is 177 Å². The van der Waals surface area contributed by atoms with Crippen molar-refractivity contribution in [2.45, 2.75) is 45.4 Å². The third kappa shape index (κ3) is 3.95. The third-order valence-electron chi connectivity index (χ3n) is 5.96. The van der Waals surface area contributed by atoms with E-state index in [1.54, 1.807) is 6.92 Å². The van der Waals surface area contributed by atoms with E-state index in [-0.39, 0.29) is 28.9 Å². The Morgan fingerprint density at radius 3 is 2.43 bits per heavy atom. The number of carbonyl (C=O) groups excluding carboxylic acids is 1. The number of rotatable bonds is 4. The Kier molecular flexibility index (Phi) is 5.10. The largest absolute Gasteiger partial charge is 0.507 e. The number of fused-ring (bicyclic) bond motifs is 1. The highest BCUT2D eigenvalue weighted by Gasteiger charge is 2.44. The summed E-state index contributed by atoms with van der Waals surface area (Å²) in [7, 11) is 0. The van der Waals surface area contributed by atoms with Crippen LogP contribution in [0.25, 0.3) is 10.8 Å². The molecule has 0 bridgehead atoms. The molecule has 4 heteroatoms. The maximum Gasteiger partial charge on any atom is 0.243 e. The van der Waals surface area contributed by atoms with Gasteiger partial charge in [-0.25, -0.2) is 5.43 Å². The molecule has 2 N–H and O–H groups in total. The standard InChI is InChI=1S/C26H28N2O2/c1-16(20-14-11-17-7-5-6-8-21(17)24(20)29)27-28-25(30)23-15-22(23)18-9-12-19(13-10-18)26(2,3)4/h5-14,22-23,29H,15H2,1-4H3,(H,28,30). The molecule has 0 saturated heterocycles. The molecule has 0 aromatic heterocycles. The average Bonchev–Trinajstić information content (AvgIpc) is 3.53. The van der Waals surface area contributed by atoms with Crippen LogP contribution >= 0.6 is 0 Å². The minimum Gasteiger partial charge on any atom is -0.507 e. The summed E-state index contributed by atoms with van der Waals surface area (Å²) in [6, 6.07) is 20.0. The van der Waals surface area contributed by atoms with E-state index in [9.17, 15) is 9.90 Å². The van der Waals surface area contributed by atoms with Crippen LogP contribution in [-0.4, -0.2) is 16.7 Å². The summed E-state index contributed by atoms with van der Waals surface area (Å²) in [6.07, 6.45) is 0.844. The van der Waals surface area contributed by atoms with Gasteiger partial charge in [-0.05, 0) is 47.3 Å². The van der Waals surface area contributed by atoms with E-state index in [2.05, 4.69) is 55.6 Å². The fraction of sp³-hybridized carbons (Fsp3) is 0.308. The minimum absolute atomic E-state index is 0.0489. The van der Waals surface area contributed by atoms with Crippen LogP contribution < -0.4 is 5.43 Å². The second-order valence-electron chi connectivity index (χ2n) is 9.18. The number of nitrogens with one attached hydrogen (secondary N) is 1. The lowest BCUT2D eigenvalue weighted by Gasteiger charge is -2.19. The van der Waals surface area contributed by atoms with Crippen LogP contribution in [0.15, 0.2) is 65.8 Å². The number of phenols is 1. The van der Waals surface area contributed by atoms with E-state index in [4.69, 9.17) is 0 Å². The van der Waals surface area contributed by atoms with Crippen LogP contribution in [0.1, 0.15) is 56.7 Å². The predicted octanol–water partition coefficient (Wildman–Crippen LogP) is 5.49. The second-order valence-corrected chi connectivity index (χ2v) is 9.18. The molecule has 1 saturated carbocycles. The van der Waals surface area contributed by atoms with Crippen LogP contribution in [-0.2, 0) is 10.2 Å². The van der Waals surface area contributed by atoms with Gasteiger partial charge in [-0.2, -0.15) is 5.10 Å². The van der Waals surface area contributed by atoms with E-state index < -0.39 is 0 Å². The molecule has 3 aromatic rings. The number of hydrazone groups is 1. The summed E-state index contributed by atoms with van der Waals surface area (Å²) < 4.78 is 0. The molecule has 1 fully saturated rings. The third-order valence-corrected chi connectivity index (χ3v) is 5.96. The van der Waals surface area contributed by atoms with Gasteiger partial charge in [-0.3, -0.25) is 4.79 Å². The number of benzene rings is 3. The van der Waals surface area contributed by atoms with Crippen LogP contribution in [0.3, 0.4) is 0 Å². The molecule has 30 heavy (non-hydrogen) atoms. The fourth-order valence-electron chi connectivity index (χ4n) is 3.91. The molecular weight excluding hydrogens is 372 g/mol. The topological polar surface area (TPSA) is 61.7 Å². The first kappa shape index (κ1) is 20.1. The number of amides is 1. The summed E-state index contributed by atoms with van der Waals surface area (Å²) in [5.74, 6) is 0.321. The molecular formula is C26H28N2O2. The molecule has 4 rings (SSSR count). The lowest BCUT2D eigenvalue weighted by atomic mass is 9.86. The number of carbonyl (C=O) groups is 1. The Hall–Kier alpha value is -3.14. The molecule has 154 valence electrons. The maximum absolute atomic E-state index is 12.6. The van der Waals surface area contributed by atoms with Gasteiger partial charge in [-0.15, -0.1) is 0 Å². The minimum atomic E-state index is -0.0699. The van der Waals surface area contributed by atoms with Gasteiger partial charge in [0.15, 0.2) is 0 Å². The highest BCUT2D eigenvalue weighted by atomic mass is 16.3. The predicted molar refractivity (Wildman–Crippen MR) is 122 cm³/mol. The number of phenolic OH excluding ortho intramolecular Hbond substituents is 1. The monoisotopic (exact) mass is 400 g/mol. The molecule has 4 nitrogen and oxygen atoms in total. The van der Waals surface area contributed by atoms with Gasteiger partial charge in [-0.1, -0.05) is 75.4 Å². The zero-order chi connectivity index (χ0) is 21.5. The van der Waals surface area contributed by atoms with Gasteiger partial charge in [0, 0.05) is 16.9 Å². The van der Waals surface area contributed by atoms with Crippen molar-refractivity contribution in [1.29, 1.82) is 0 Å². The summed E-state index contributed by atoms with van der Waals surface area (Å²) >= 11 is 0. The summed E-state index contributed by atoms with van der Waals surface area (Å²) in [6.45, 7) is 8.38. The van der Waals surface area contributed by atoms with Crippen LogP contribution in [0.5, 0.6) is 5.75 Å². The van der Waals surface area contributed by atoms with Crippen molar-refractivity contribution in [3.05, 3.63) is 77.4 Å². The zero-order valence-electron chi connectivity index (χ0n) is 17.9. The van der Waals surface area contributed by atoms with Crippen LogP contribution in [0.4, 0.5) is 0 Å². The number of hydrogen-bond acceptors (Lipinski definition) is 3. The van der Waals surface area contributed by atoms with E-state index >= 15 is 0 Å². The molecule has 0 spiro atoms. The fourth-order valence-corrected chi connectivity index (χ4v) is 3.91. The highest BCUT2D eigenvalue weighted by Crippen LogP contribution is 2.47. The summed E-state index contributed by atoms with van der Waals surface area (Å²) in [5, 5.41) is 16.6. The summed E-state index contributed by atoms with van der Waals surface area (Å²) in [5.41, 5.74) is 6.52. The van der Waals surface area contributed by atoms with Gasteiger partial charge in [0.2, 0.25) is 5.91 Å². The smallest absolute Gasteiger partial charge is 0.243 e. The lowest BCUT2D eigenvalue weighted by Crippen LogP contribution is -2.21. The number of nitrogens with zero attached hydrogens (tertiary/aromatic N) is 1. The maximum atomic E-state index is 12.6. The second kappa shape index (κ2) is 7.60. The van der Waals surface area contributed by atoms with Gasteiger partial charge < -0.3 is 5.11 Å². The normalized spacial score (nSPS) is 19.0. The van der Waals surface area contributed by atoms with Crippen molar-refractivity contribution in [1.82, 2.24) is 5.43 Å². The van der Waals surface area contributed by atoms with Crippen molar-refractivity contribution < 1.29 is 9.90 Å². The first-order valence-corrected chi connectivity index (χ1v) is 10.4. The molecule has 1 aliphatic carbocycles. The molecule has 3 aromatic carbocycles.